The Kier molecular flexibility index (Phi) is 10.5. The molecule has 3 fully saturated rings. The van der Waals surface area contributed by atoms with Crippen molar-refractivity contribution in [1.82, 2.24) is 0 Å². The van der Waals surface area contributed by atoms with Crippen LogP contribution in [-0.4, -0.2) is 18.4 Å². The Morgan fingerprint density at radius 2 is 1.33 bits per heavy atom. The van der Waals surface area contributed by atoms with Gasteiger partial charge < -0.3 is 4.74 Å². The largest absolute Gasteiger partial charge is 0.372 e. The molecule has 3 atom stereocenters. The fourth-order valence-corrected chi connectivity index (χ4v) is 6.10. The fourth-order valence-electron chi connectivity index (χ4n) is 6.10. The van der Waals surface area contributed by atoms with Gasteiger partial charge in [0.05, 0.1) is 12.2 Å². The van der Waals surface area contributed by atoms with Gasteiger partial charge in [0.2, 0.25) is 0 Å². The lowest BCUT2D eigenvalue weighted by molar-refractivity contribution is -0.0880. The predicted octanol–water partition coefficient (Wildman–Crippen LogP) is 8.26. The first-order chi connectivity index (χ1) is 14.7. The van der Waals surface area contributed by atoms with E-state index in [1.165, 1.54) is 77.0 Å². The van der Waals surface area contributed by atoms with E-state index in [0.717, 1.165) is 37.5 Å². The van der Waals surface area contributed by atoms with E-state index in [-0.39, 0.29) is 12.0 Å². The second-order valence-corrected chi connectivity index (χ2v) is 10.6. The van der Waals surface area contributed by atoms with Gasteiger partial charge in [-0.3, -0.25) is 0 Å². The molecule has 30 heavy (non-hydrogen) atoms. The van der Waals surface area contributed by atoms with E-state index < -0.39 is 6.17 Å². The molecule has 3 aliphatic carbocycles. The summed E-state index contributed by atoms with van der Waals surface area (Å²) in [5.41, 5.74) is 0. The normalized spacial score (nSPS) is 37.4. The molecule has 0 aromatic heterocycles. The van der Waals surface area contributed by atoms with Gasteiger partial charge in [0.15, 0.2) is 0 Å². The van der Waals surface area contributed by atoms with E-state index >= 15 is 0 Å². The Hall–Kier alpha value is -0.550. The summed E-state index contributed by atoms with van der Waals surface area (Å²) in [6, 6.07) is 0. The van der Waals surface area contributed by atoms with Crippen molar-refractivity contribution in [3.8, 4) is 11.8 Å². The zero-order valence-corrected chi connectivity index (χ0v) is 19.8. The molecular formula is C28H47FO. The number of unbranched alkanes of at least 4 members (excludes halogenated alkanes) is 2. The Bertz CT molecular complexity index is 518. The van der Waals surface area contributed by atoms with Crippen LogP contribution in [0.1, 0.15) is 123 Å². The molecule has 0 N–H and O–H groups in total. The number of alkyl halides is 1. The van der Waals surface area contributed by atoms with Crippen molar-refractivity contribution < 1.29 is 9.13 Å². The first kappa shape index (κ1) is 24.1. The van der Waals surface area contributed by atoms with Gasteiger partial charge in [-0.25, -0.2) is 4.39 Å². The highest BCUT2D eigenvalue weighted by atomic mass is 19.1. The molecule has 172 valence electrons. The zero-order valence-electron chi connectivity index (χ0n) is 19.8. The van der Waals surface area contributed by atoms with Crippen LogP contribution >= 0.6 is 0 Å². The van der Waals surface area contributed by atoms with Gasteiger partial charge in [0, 0.05) is 11.8 Å². The van der Waals surface area contributed by atoms with E-state index in [4.69, 9.17) is 4.74 Å². The third-order valence-electron chi connectivity index (χ3n) is 8.12. The standard InChI is InChI=1S/C28H47FO/c1-3-5-6-8-23-9-11-24(12-10-23)13-14-25-17-20-28(27(29)21-25)30-26-18-15-22(7-4-2)16-19-26/h22-28H,3-12,15-21H2,1-2H3. The van der Waals surface area contributed by atoms with Gasteiger partial charge in [0.1, 0.15) is 6.17 Å². The minimum absolute atomic E-state index is 0.172. The maximum atomic E-state index is 14.8. The Morgan fingerprint density at radius 3 is 2.00 bits per heavy atom. The number of ether oxygens (including phenoxy) is 1. The number of halogens is 1. The van der Waals surface area contributed by atoms with Crippen molar-refractivity contribution in [3.63, 3.8) is 0 Å². The highest BCUT2D eigenvalue weighted by Gasteiger charge is 2.33. The van der Waals surface area contributed by atoms with Gasteiger partial charge in [-0.2, -0.15) is 0 Å². The highest BCUT2D eigenvalue weighted by Crippen LogP contribution is 2.35. The van der Waals surface area contributed by atoms with E-state index in [9.17, 15) is 4.39 Å². The van der Waals surface area contributed by atoms with Crippen LogP contribution in [0.5, 0.6) is 0 Å². The third-order valence-corrected chi connectivity index (χ3v) is 8.12. The summed E-state index contributed by atoms with van der Waals surface area (Å²) in [6.07, 6.45) is 20.0. The van der Waals surface area contributed by atoms with Crippen LogP contribution in [-0.2, 0) is 4.74 Å². The van der Waals surface area contributed by atoms with Crippen molar-refractivity contribution in [2.45, 2.75) is 141 Å². The van der Waals surface area contributed by atoms with Crippen LogP contribution in [0.4, 0.5) is 4.39 Å². The molecule has 0 aromatic carbocycles. The van der Waals surface area contributed by atoms with Crippen molar-refractivity contribution in [3.05, 3.63) is 0 Å². The Morgan fingerprint density at radius 1 is 0.700 bits per heavy atom. The smallest absolute Gasteiger partial charge is 0.127 e. The minimum atomic E-state index is -0.819. The summed E-state index contributed by atoms with van der Waals surface area (Å²) in [4.78, 5) is 0. The molecular weight excluding hydrogens is 371 g/mol. The van der Waals surface area contributed by atoms with Gasteiger partial charge in [-0.15, -0.1) is 0 Å². The van der Waals surface area contributed by atoms with Crippen LogP contribution in [0.2, 0.25) is 0 Å². The number of rotatable bonds is 8. The van der Waals surface area contributed by atoms with E-state index in [1.807, 2.05) is 0 Å². The fraction of sp³-hybridized carbons (Fsp3) is 0.929. The zero-order chi connectivity index (χ0) is 21.2. The maximum absolute atomic E-state index is 14.8. The summed E-state index contributed by atoms with van der Waals surface area (Å²) in [5, 5.41) is 0. The van der Waals surface area contributed by atoms with Gasteiger partial charge >= 0.3 is 0 Å². The lowest BCUT2D eigenvalue weighted by Crippen LogP contribution is -2.37. The summed E-state index contributed by atoms with van der Waals surface area (Å²) < 4.78 is 21.1. The minimum Gasteiger partial charge on any atom is -0.372 e. The van der Waals surface area contributed by atoms with Crippen LogP contribution in [0.25, 0.3) is 0 Å². The van der Waals surface area contributed by atoms with Gasteiger partial charge in [0.25, 0.3) is 0 Å². The first-order valence-electron chi connectivity index (χ1n) is 13.5. The molecule has 0 amide bonds. The third kappa shape index (κ3) is 7.85. The molecule has 0 spiro atoms. The second-order valence-electron chi connectivity index (χ2n) is 10.6. The summed E-state index contributed by atoms with van der Waals surface area (Å²) in [5.74, 6) is 9.68. The molecule has 2 heteroatoms. The monoisotopic (exact) mass is 418 g/mol. The molecule has 3 unspecified atom stereocenters. The predicted molar refractivity (Wildman–Crippen MR) is 125 cm³/mol. The van der Waals surface area contributed by atoms with Crippen LogP contribution in [0.3, 0.4) is 0 Å². The molecule has 0 aromatic rings. The van der Waals surface area contributed by atoms with Crippen LogP contribution in [0.15, 0.2) is 0 Å². The Balaban J connectivity index is 1.33. The van der Waals surface area contributed by atoms with Crippen molar-refractivity contribution in [2.24, 2.45) is 23.7 Å². The summed E-state index contributed by atoms with van der Waals surface area (Å²) >= 11 is 0. The molecule has 0 saturated heterocycles. The highest BCUT2D eigenvalue weighted by molar-refractivity contribution is 5.10. The topological polar surface area (TPSA) is 9.23 Å². The van der Waals surface area contributed by atoms with Crippen LogP contribution < -0.4 is 0 Å². The van der Waals surface area contributed by atoms with Crippen molar-refractivity contribution in [1.29, 1.82) is 0 Å². The average molecular weight is 419 g/mol. The molecule has 0 aliphatic heterocycles. The van der Waals surface area contributed by atoms with Crippen molar-refractivity contribution >= 4 is 0 Å². The lowest BCUT2D eigenvalue weighted by Gasteiger charge is -2.35. The number of hydrogen-bond acceptors (Lipinski definition) is 1. The molecule has 3 aliphatic rings. The summed E-state index contributed by atoms with van der Waals surface area (Å²) in [7, 11) is 0. The van der Waals surface area contributed by atoms with Gasteiger partial charge in [-0.1, -0.05) is 64.2 Å². The lowest BCUT2D eigenvalue weighted by atomic mass is 9.79. The maximum Gasteiger partial charge on any atom is 0.127 e. The molecule has 3 rings (SSSR count). The van der Waals surface area contributed by atoms with Crippen LogP contribution in [0, 0.1) is 35.5 Å². The SMILES string of the molecule is CCCCCC1CCC(C#CC2CCC(OC3CCC(CCC)CC3)C(F)C2)CC1. The molecule has 1 nitrogen and oxygen atoms in total. The van der Waals surface area contributed by atoms with Crippen molar-refractivity contribution in [2.75, 3.05) is 0 Å². The summed E-state index contributed by atoms with van der Waals surface area (Å²) in [6.45, 7) is 4.56. The van der Waals surface area contributed by atoms with E-state index in [2.05, 4.69) is 25.7 Å². The number of hydrogen-bond donors (Lipinski definition) is 0. The quantitative estimate of drug-likeness (QED) is 0.285. The Labute approximate surface area is 186 Å². The van der Waals surface area contributed by atoms with Gasteiger partial charge in [-0.05, 0) is 82.5 Å². The molecule has 0 radical (unpaired) electrons. The molecule has 3 saturated carbocycles. The van der Waals surface area contributed by atoms with E-state index in [1.54, 1.807) is 0 Å². The molecule has 0 bridgehead atoms. The second kappa shape index (κ2) is 13.1. The van der Waals surface area contributed by atoms with E-state index in [0.29, 0.717) is 18.4 Å². The molecule has 0 heterocycles. The first-order valence-corrected chi connectivity index (χ1v) is 13.5. The average Bonchev–Trinajstić information content (AvgIpc) is 2.76.